The Hall–Kier alpha value is -2.04. The fourth-order valence-corrected chi connectivity index (χ4v) is 1.95. The van der Waals surface area contributed by atoms with E-state index in [1.165, 1.54) is 0 Å². The molecule has 1 heterocycles. The topological polar surface area (TPSA) is 60.2 Å². The highest BCUT2D eigenvalue weighted by atomic mass is 16.5. The summed E-state index contributed by atoms with van der Waals surface area (Å²) in [5.41, 5.74) is 2.24. The number of rotatable bonds is 5. The maximum absolute atomic E-state index is 5.55. The zero-order valence-corrected chi connectivity index (χ0v) is 11.1. The van der Waals surface area contributed by atoms with Crippen molar-refractivity contribution in [2.24, 2.45) is 0 Å². The molecule has 1 N–H and O–H groups in total. The largest absolute Gasteiger partial charge is 0.496 e. The Bertz CT molecular complexity index is 576. The highest BCUT2D eigenvalue weighted by Crippen LogP contribution is 2.39. The van der Waals surface area contributed by atoms with Crippen molar-refractivity contribution < 1.29 is 9.15 Å². The van der Waals surface area contributed by atoms with E-state index < -0.39 is 0 Å². The lowest BCUT2D eigenvalue weighted by molar-refractivity contribution is 0.411. The molecule has 0 amide bonds. The first kappa shape index (κ1) is 12.0. The monoisotopic (exact) mass is 259 g/mol. The SMILES string of the molecule is COc1cc(CNc2nnc(C3CC3)o2)ccc1C. The molecule has 1 aromatic heterocycles. The van der Waals surface area contributed by atoms with E-state index in [1.807, 2.05) is 19.1 Å². The van der Waals surface area contributed by atoms with Gasteiger partial charge in [0, 0.05) is 12.5 Å². The maximum atomic E-state index is 5.55. The lowest BCUT2D eigenvalue weighted by Crippen LogP contribution is -2.00. The van der Waals surface area contributed by atoms with Crippen LogP contribution in [0.1, 0.15) is 35.8 Å². The van der Waals surface area contributed by atoms with Crippen LogP contribution in [0, 0.1) is 6.92 Å². The molecule has 1 aliphatic carbocycles. The predicted octanol–water partition coefficient (Wildman–Crippen LogP) is 2.88. The van der Waals surface area contributed by atoms with Crippen molar-refractivity contribution in [3.8, 4) is 5.75 Å². The first-order chi connectivity index (χ1) is 9.26. The summed E-state index contributed by atoms with van der Waals surface area (Å²) in [5, 5.41) is 11.2. The molecule has 1 saturated carbocycles. The fourth-order valence-electron chi connectivity index (χ4n) is 1.95. The van der Waals surface area contributed by atoms with Crippen LogP contribution in [-0.4, -0.2) is 17.3 Å². The number of methoxy groups -OCH3 is 1. The summed E-state index contributed by atoms with van der Waals surface area (Å²) in [5.74, 6) is 2.13. The molecule has 0 saturated heterocycles. The van der Waals surface area contributed by atoms with Crippen LogP contribution in [0.2, 0.25) is 0 Å². The van der Waals surface area contributed by atoms with Gasteiger partial charge in [0.2, 0.25) is 5.89 Å². The zero-order valence-electron chi connectivity index (χ0n) is 11.1. The van der Waals surface area contributed by atoms with Gasteiger partial charge in [-0.05, 0) is 37.0 Å². The molecule has 0 bridgehead atoms. The molecule has 2 aromatic rings. The van der Waals surface area contributed by atoms with Crippen molar-refractivity contribution >= 4 is 6.01 Å². The second-order valence-corrected chi connectivity index (χ2v) is 4.88. The van der Waals surface area contributed by atoms with Gasteiger partial charge in [-0.3, -0.25) is 0 Å². The van der Waals surface area contributed by atoms with Crippen LogP contribution < -0.4 is 10.1 Å². The molecule has 19 heavy (non-hydrogen) atoms. The van der Waals surface area contributed by atoms with Crippen LogP contribution in [0.25, 0.3) is 0 Å². The van der Waals surface area contributed by atoms with Gasteiger partial charge < -0.3 is 14.5 Å². The van der Waals surface area contributed by atoms with E-state index in [1.54, 1.807) is 7.11 Å². The van der Waals surface area contributed by atoms with Gasteiger partial charge in [-0.15, -0.1) is 5.10 Å². The van der Waals surface area contributed by atoms with E-state index in [-0.39, 0.29) is 0 Å². The molecule has 1 fully saturated rings. The molecule has 0 atom stereocenters. The van der Waals surface area contributed by atoms with E-state index in [9.17, 15) is 0 Å². The van der Waals surface area contributed by atoms with Crippen molar-refractivity contribution in [2.45, 2.75) is 32.2 Å². The molecule has 1 aliphatic rings. The number of hydrogen-bond donors (Lipinski definition) is 1. The van der Waals surface area contributed by atoms with E-state index in [2.05, 4.69) is 21.6 Å². The number of ether oxygens (including phenoxy) is 1. The van der Waals surface area contributed by atoms with Crippen LogP contribution >= 0.6 is 0 Å². The minimum Gasteiger partial charge on any atom is -0.496 e. The summed E-state index contributed by atoms with van der Waals surface area (Å²) in [7, 11) is 1.68. The summed E-state index contributed by atoms with van der Waals surface area (Å²) in [6, 6.07) is 6.60. The minimum atomic E-state index is 0.487. The van der Waals surface area contributed by atoms with Gasteiger partial charge in [0.25, 0.3) is 0 Å². The molecular formula is C14H17N3O2. The molecule has 1 aromatic carbocycles. The van der Waals surface area contributed by atoms with Gasteiger partial charge in [0.15, 0.2) is 0 Å². The number of aromatic nitrogens is 2. The van der Waals surface area contributed by atoms with E-state index in [0.717, 1.165) is 35.6 Å². The predicted molar refractivity (Wildman–Crippen MR) is 71.3 cm³/mol. The maximum Gasteiger partial charge on any atom is 0.315 e. The van der Waals surface area contributed by atoms with Crippen LogP contribution in [-0.2, 0) is 6.54 Å². The second-order valence-electron chi connectivity index (χ2n) is 4.88. The van der Waals surface area contributed by atoms with Crippen molar-refractivity contribution in [1.29, 1.82) is 0 Å². The lowest BCUT2D eigenvalue weighted by atomic mass is 10.1. The van der Waals surface area contributed by atoms with Gasteiger partial charge in [0.05, 0.1) is 7.11 Å². The second kappa shape index (κ2) is 4.91. The molecule has 100 valence electrons. The molecule has 5 heteroatoms. The van der Waals surface area contributed by atoms with Gasteiger partial charge in [-0.2, -0.15) is 0 Å². The molecule has 5 nitrogen and oxygen atoms in total. The third-order valence-corrected chi connectivity index (χ3v) is 3.28. The molecule has 3 rings (SSSR count). The first-order valence-corrected chi connectivity index (χ1v) is 6.47. The number of aryl methyl sites for hydroxylation is 1. The van der Waals surface area contributed by atoms with Crippen molar-refractivity contribution in [2.75, 3.05) is 12.4 Å². The summed E-state index contributed by atoms with van der Waals surface area (Å²) in [6.07, 6.45) is 2.33. The van der Waals surface area contributed by atoms with Crippen LogP contribution in [0.15, 0.2) is 22.6 Å². The highest BCUT2D eigenvalue weighted by molar-refractivity contribution is 5.37. The Morgan fingerprint density at radius 3 is 2.95 bits per heavy atom. The molecular weight excluding hydrogens is 242 g/mol. The molecule has 0 unspecified atom stereocenters. The number of hydrogen-bond acceptors (Lipinski definition) is 5. The van der Waals surface area contributed by atoms with Gasteiger partial charge in [-0.25, -0.2) is 0 Å². The van der Waals surface area contributed by atoms with Crippen molar-refractivity contribution in [1.82, 2.24) is 10.2 Å². The van der Waals surface area contributed by atoms with Gasteiger partial charge in [0.1, 0.15) is 5.75 Å². The lowest BCUT2D eigenvalue weighted by Gasteiger charge is -2.07. The quantitative estimate of drug-likeness (QED) is 0.894. The smallest absolute Gasteiger partial charge is 0.315 e. The Kier molecular flexibility index (Phi) is 3.11. The normalized spacial score (nSPS) is 14.4. The summed E-state index contributed by atoms with van der Waals surface area (Å²) >= 11 is 0. The van der Waals surface area contributed by atoms with Crippen LogP contribution in [0.5, 0.6) is 5.75 Å². The fraction of sp³-hybridized carbons (Fsp3) is 0.429. The van der Waals surface area contributed by atoms with E-state index in [0.29, 0.717) is 18.5 Å². The summed E-state index contributed by atoms with van der Waals surface area (Å²) in [4.78, 5) is 0. The van der Waals surface area contributed by atoms with Crippen molar-refractivity contribution in [3.05, 3.63) is 35.2 Å². The first-order valence-electron chi connectivity index (χ1n) is 6.47. The minimum absolute atomic E-state index is 0.487. The van der Waals surface area contributed by atoms with E-state index in [4.69, 9.17) is 9.15 Å². The number of nitrogens with zero attached hydrogens (tertiary/aromatic N) is 2. The summed E-state index contributed by atoms with van der Waals surface area (Å²) < 4.78 is 10.8. The van der Waals surface area contributed by atoms with Gasteiger partial charge >= 0.3 is 6.01 Å². The Morgan fingerprint density at radius 1 is 1.37 bits per heavy atom. The number of nitrogens with one attached hydrogen (secondary N) is 1. The molecule has 0 aliphatic heterocycles. The van der Waals surface area contributed by atoms with E-state index >= 15 is 0 Å². The summed E-state index contributed by atoms with van der Waals surface area (Å²) in [6.45, 7) is 2.67. The highest BCUT2D eigenvalue weighted by Gasteiger charge is 2.29. The van der Waals surface area contributed by atoms with Gasteiger partial charge in [-0.1, -0.05) is 17.2 Å². The van der Waals surface area contributed by atoms with Crippen LogP contribution in [0.3, 0.4) is 0 Å². The molecule has 0 spiro atoms. The standard InChI is InChI=1S/C14H17N3O2/c1-9-3-4-10(7-12(9)18-2)8-15-14-17-16-13(19-14)11-5-6-11/h3-4,7,11H,5-6,8H2,1-2H3,(H,15,17). The third kappa shape index (κ3) is 2.70. The number of benzene rings is 1. The Labute approximate surface area is 112 Å². The van der Waals surface area contributed by atoms with Crippen molar-refractivity contribution in [3.63, 3.8) is 0 Å². The number of anilines is 1. The zero-order chi connectivity index (χ0) is 13.2. The third-order valence-electron chi connectivity index (χ3n) is 3.28. The average molecular weight is 259 g/mol. The Balaban J connectivity index is 1.64. The molecule has 0 radical (unpaired) electrons. The Morgan fingerprint density at radius 2 is 2.21 bits per heavy atom. The van der Waals surface area contributed by atoms with Crippen LogP contribution in [0.4, 0.5) is 6.01 Å². The average Bonchev–Trinajstić information content (AvgIpc) is 3.17.